The van der Waals surface area contributed by atoms with E-state index in [2.05, 4.69) is 22.8 Å². The molecule has 0 bridgehead atoms. The Kier molecular flexibility index (Phi) is 6.15. The van der Waals surface area contributed by atoms with Gasteiger partial charge in [-0.2, -0.15) is 0 Å². The van der Waals surface area contributed by atoms with Crippen LogP contribution in [0.1, 0.15) is 63.0 Å². The van der Waals surface area contributed by atoms with Crippen molar-refractivity contribution in [2.45, 2.75) is 62.9 Å². The van der Waals surface area contributed by atoms with Crippen LogP contribution in [-0.2, 0) is 14.3 Å². The lowest BCUT2D eigenvalue weighted by atomic mass is 9.75. The minimum atomic E-state index is -1.34. The molecule has 0 saturated heterocycles. The molecular formula is C26H30N2O5. The van der Waals surface area contributed by atoms with Crippen LogP contribution in [0.15, 0.2) is 48.5 Å². The number of carbonyl (C=O) groups is 3. The molecule has 4 rings (SSSR count). The summed E-state index contributed by atoms with van der Waals surface area (Å²) < 4.78 is 5.61. The van der Waals surface area contributed by atoms with E-state index in [1.807, 2.05) is 36.4 Å². The number of nitrogens with one attached hydrogen (secondary N) is 2. The van der Waals surface area contributed by atoms with Crippen molar-refractivity contribution >= 4 is 18.0 Å². The van der Waals surface area contributed by atoms with Crippen LogP contribution in [0.25, 0.3) is 11.1 Å². The maximum Gasteiger partial charge on any atom is 0.408 e. The Hall–Kier alpha value is -3.35. The number of hydrogen-bond acceptors (Lipinski definition) is 4. The highest BCUT2D eigenvalue weighted by Crippen LogP contribution is 2.44. The summed E-state index contributed by atoms with van der Waals surface area (Å²) in [7, 11) is 0. The summed E-state index contributed by atoms with van der Waals surface area (Å²) in [6.07, 6.45) is 1.52. The maximum atomic E-state index is 13.1. The first kappa shape index (κ1) is 22.8. The number of carboxylic acid groups (broad SMARTS) is 1. The van der Waals surface area contributed by atoms with Gasteiger partial charge in [-0.3, -0.25) is 4.79 Å². The van der Waals surface area contributed by atoms with Crippen LogP contribution in [0, 0.1) is 0 Å². The molecule has 0 heterocycles. The number of rotatable bonds is 8. The second-order valence-electron chi connectivity index (χ2n) is 8.93. The summed E-state index contributed by atoms with van der Waals surface area (Å²) in [5.41, 5.74) is 2.03. The highest BCUT2D eigenvalue weighted by Gasteiger charge is 2.49. The smallest absolute Gasteiger partial charge is 0.408 e. The van der Waals surface area contributed by atoms with Crippen molar-refractivity contribution in [2.75, 3.05) is 6.61 Å². The fraction of sp³-hybridized carbons (Fsp3) is 0.423. The lowest BCUT2D eigenvalue weighted by Crippen LogP contribution is -2.67. The first-order chi connectivity index (χ1) is 15.9. The normalized spacial score (nSPS) is 16.2. The molecule has 2 aromatic carbocycles. The van der Waals surface area contributed by atoms with E-state index in [4.69, 9.17) is 4.74 Å². The van der Waals surface area contributed by atoms with Gasteiger partial charge >= 0.3 is 12.1 Å². The Bertz CT molecular complexity index is 1030. The van der Waals surface area contributed by atoms with Gasteiger partial charge in [-0.15, -0.1) is 0 Å². The van der Waals surface area contributed by atoms with Crippen LogP contribution < -0.4 is 10.6 Å². The van der Waals surface area contributed by atoms with Gasteiger partial charge in [0.2, 0.25) is 5.91 Å². The van der Waals surface area contributed by atoms with Gasteiger partial charge in [0.15, 0.2) is 0 Å². The quantitative estimate of drug-likeness (QED) is 0.559. The Morgan fingerprint density at radius 2 is 1.55 bits per heavy atom. The number of alkyl carbamates (subject to hydrolysis) is 1. The van der Waals surface area contributed by atoms with E-state index in [1.54, 1.807) is 13.8 Å². The fourth-order valence-corrected chi connectivity index (χ4v) is 4.89. The Labute approximate surface area is 193 Å². The molecule has 3 N–H and O–H groups in total. The van der Waals surface area contributed by atoms with Gasteiger partial charge in [-0.25, -0.2) is 9.59 Å². The minimum absolute atomic E-state index is 0.0749. The number of fused-ring (bicyclic) bond motifs is 3. The van der Waals surface area contributed by atoms with Gasteiger partial charge in [0.05, 0.1) is 0 Å². The number of amides is 2. The average Bonchev–Trinajstić information content (AvgIpc) is 3.12. The molecule has 1 fully saturated rings. The molecule has 0 spiro atoms. The first-order valence-corrected chi connectivity index (χ1v) is 11.5. The molecule has 33 heavy (non-hydrogen) atoms. The van der Waals surface area contributed by atoms with Crippen molar-refractivity contribution in [1.82, 2.24) is 10.6 Å². The molecule has 2 aliphatic rings. The SMILES string of the molecule is CCC(CC)(NC(=O)C1(NC(=O)OCC2c3ccccc3-c3ccccc32)CCC1)C(=O)O. The third-order valence-electron chi connectivity index (χ3n) is 7.30. The fourth-order valence-electron chi connectivity index (χ4n) is 4.89. The second kappa shape index (κ2) is 8.89. The number of hydrogen-bond donors (Lipinski definition) is 3. The highest BCUT2D eigenvalue weighted by atomic mass is 16.5. The molecule has 7 heteroatoms. The van der Waals surface area contributed by atoms with E-state index >= 15 is 0 Å². The Morgan fingerprint density at radius 1 is 1.00 bits per heavy atom. The van der Waals surface area contributed by atoms with Crippen molar-refractivity contribution < 1.29 is 24.2 Å². The molecule has 0 atom stereocenters. The van der Waals surface area contributed by atoms with Gasteiger partial charge in [0, 0.05) is 5.92 Å². The van der Waals surface area contributed by atoms with Gasteiger partial charge in [-0.05, 0) is 54.4 Å². The lowest BCUT2D eigenvalue weighted by molar-refractivity contribution is -0.150. The van der Waals surface area contributed by atoms with Gasteiger partial charge in [0.25, 0.3) is 0 Å². The molecule has 2 amide bonds. The van der Waals surface area contributed by atoms with Crippen molar-refractivity contribution in [2.24, 2.45) is 0 Å². The van der Waals surface area contributed by atoms with Crippen molar-refractivity contribution in [1.29, 1.82) is 0 Å². The van der Waals surface area contributed by atoms with E-state index in [0.29, 0.717) is 12.8 Å². The van der Waals surface area contributed by atoms with Crippen LogP contribution in [0.3, 0.4) is 0 Å². The topological polar surface area (TPSA) is 105 Å². The Balaban J connectivity index is 1.44. The van der Waals surface area contributed by atoms with E-state index in [-0.39, 0.29) is 25.4 Å². The predicted octanol–water partition coefficient (Wildman–Crippen LogP) is 4.21. The van der Waals surface area contributed by atoms with Crippen molar-refractivity contribution in [3.63, 3.8) is 0 Å². The molecule has 0 radical (unpaired) electrons. The minimum Gasteiger partial charge on any atom is -0.480 e. The van der Waals surface area contributed by atoms with Crippen LogP contribution in [-0.4, -0.2) is 40.8 Å². The zero-order chi connectivity index (χ0) is 23.6. The molecule has 0 aliphatic heterocycles. The molecule has 1 saturated carbocycles. The number of carboxylic acids is 1. The molecule has 2 aromatic rings. The molecule has 174 valence electrons. The molecule has 2 aliphatic carbocycles. The van der Waals surface area contributed by atoms with Crippen LogP contribution in [0.5, 0.6) is 0 Å². The van der Waals surface area contributed by atoms with Gasteiger partial charge < -0.3 is 20.5 Å². The largest absolute Gasteiger partial charge is 0.480 e. The predicted molar refractivity (Wildman–Crippen MR) is 124 cm³/mol. The maximum absolute atomic E-state index is 13.1. The summed E-state index contributed by atoms with van der Waals surface area (Å²) in [5, 5.41) is 15.1. The molecular weight excluding hydrogens is 420 g/mol. The van der Waals surface area contributed by atoms with E-state index in [9.17, 15) is 19.5 Å². The van der Waals surface area contributed by atoms with E-state index < -0.39 is 29.0 Å². The Morgan fingerprint density at radius 3 is 2.00 bits per heavy atom. The third kappa shape index (κ3) is 3.96. The van der Waals surface area contributed by atoms with E-state index in [1.165, 1.54) is 0 Å². The number of carbonyl (C=O) groups excluding carboxylic acids is 2. The zero-order valence-electron chi connectivity index (χ0n) is 19.0. The molecule has 0 unspecified atom stereocenters. The highest BCUT2D eigenvalue weighted by molar-refractivity contribution is 5.95. The number of ether oxygens (including phenoxy) is 1. The summed E-state index contributed by atoms with van der Waals surface area (Å²) in [6.45, 7) is 3.61. The third-order valence-corrected chi connectivity index (χ3v) is 7.30. The monoisotopic (exact) mass is 450 g/mol. The summed E-state index contributed by atoms with van der Waals surface area (Å²) in [4.78, 5) is 37.6. The second-order valence-corrected chi connectivity index (χ2v) is 8.93. The van der Waals surface area contributed by atoms with Crippen LogP contribution in [0.4, 0.5) is 4.79 Å². The number of benzene rings is 2. The summed E-state index contributed by atoms with van der Waals surface area (Å²) in [6, 6.07) is 16.2. The lowest BCUT2D eigenvalue weighted by Gasteiger charge is -2.42. The molecule has 0 aromatic heterocycles. The van der Waals surface area contributed by atoms with Gasteiger partial charge in [-0.1, -0.05) is 62.4 Å². The number of aliphatic carboxylic acids is 1. The van der Waals surface area contributed by atoms with Gasteiger partial charge in [0.1, 0.15) is 17.7 Å². The summed E-state index contributed by atoms with van der Waals surface area (Å²) >= 11 is 0. The summed E-state index contributed by atoms with van der Waals surface area (Å²) in [5.74, 6) is -1.61. The van der Waals surface area contributed by atoms with Crippen LogP contribution >= 0.6 is 0 Å². The van der Waals surface area contributed by atoms with Crippen LogP contribution in [0.2, 0.25) is 0 Å². The van der Waals surface area contributed by atoms with Crippen molar-refractivity contribution in [3.05, 3.63) is 59.7 Å². The standard InChI is InChI=1S/C26H30N2O5/c1-3-25(4-2,23(30)31)27-22(29)26(14-9-15-26)28-24(32)33-16-21-19-12-7-5-10-17(19)18-11-6-8-13-20(18)21/h5-8,10-13,21H,3-4,9,14-16H2,1-2H3,(H,27,29)(H,28,32)(H,30,31). The first-order valence-electron chi connectivity index (χ1n) is 11.5. The zero-order valence-corrected chi connectivity index (χ0v) is 19.0. The molecule has 7 nitrogen and oxygen atoms in total. The van der Waals surface area contributed by atoms with E-state index in [0.717, 1.165) is 28.7 Å². The average molecular weight is 451 g/mol. The van der Waals surface area contributed by atoms with Crippen molar-refractivity contribution in [3.8, 4) is 11.1 Å².